The van der Waals surface area contributed by atoms with Gasteiger partial charge in [-0.25, -0.2) is 4.79 Å². The third-order valence-electron chi connectivity index (χ3n) is 2.33. The van der Waals surface area contributed by atoms with E-state index in [9.17, 15) is 4.79 Å². The zero-order valence-corrected chi connectivity index (χ0v) is 10.9. The number of carbonyl (C=O) groups is 1. The lowest BCUT2D eigenvalue weighted by Gasteiger charge is -2.20. The van der Waals surface area contributed by atoms with Gasteiger partial charge in [-0.3, -0.25) is 9.78 Å². The van der Waals surface area contributed by atoms with E-state index in [-0.39, 0.29) is 5.41 Å². The Labute approximate surface area is 106 Å². The van der Waals surface area contributed by atoms with Gasteiger partial charge in [0.15, 0.2) is 5.75 Å². The maximum absolute atomic E-state index is 10.7. The number of rotatable bonds is 3. The van der Waals surface area contributed by atoms with Gasteiger partial charge in [0.1, 0.15) is 0 Å². The summed E-state index contributed by atoms with van der Waals surface area (Å²) in [6, 6.07) is 5.39. The molecule has 0 fully saturated rings. The van der Waals surface area contributed by atoms with Crippen LogP contribution in [0, 0.1) is 0 Å². The molecule has 5 heteroatoms. The van der Waals surface area contributed by atoms with E-state index in [1.165, 1.54) is 13.1 Å². The molecular weight excluding hydrogens is 234 g/mol. The molecule has 0 amide bonds. The lowest BCUT2D eigenvalue weighted by molar-refractivity contribution is -0.210. The van der Waals surface area contributed by atoms with Crippen LogP contribution in [0.2, 0.25) is 0 Å². The Morgan fingerprint density at radius 1 is 1.39 bits per heavy atom. The molecule has 0 unspecified atom stereocenters. The van der Waals surface area contributed by atoms with Gasteiger partial charge in [0.05, 0.1) is 6.21 Å². The van der Waals surface area contributed by atoms with Gasteiger partial charge in [-0.15, -0.1) is 0 Å². The first-order valence-electron chi connectivity index (χ1n) is 5.51. The summed E-state index contributed by atoms with van der Waals surface area (Å²) in [6.45, 7) is 7.40. The van der Waals surface area contributed by atoms with Crippen molar-refractivity contribution in [1.82, 2.24) is 0 Å². The Morgan fingerprint density at radius 3 is 2.56 bits per heavy atom. The van der Waals surface area contributed by atoms with E-state index in [4.69, 9.17) is 10.1 Å². The van der Waals surface area contributed by atoms with E-state index >= 15 is 0 Å². The van der Waals surface area contributed by atoms with Gasteiger partial charge in [-0.05, 0) is 23.1 Å². The van der Waals surface area contributed by atoms with Crippen LogP contribution in [-0.2, 0) is 15.1 Å². The van der Waals surface area contributed by atoms with Gasteiger partial charge < -0.3 is 5.21 Å². The molecule has 0 aliphatic rings. The van der Waals surface area contributed by atoms with E-state index < -0.39 is 5.97 Å². The van der Waals surface area contributed by atoms with Crippen LogP contribution in [0.4, 0.5) is 0 Å². The van der Waals surface area contributed by atoms with Crippen molar-refractivity contribution < 1.29 is 19.8 Å². The van der Waals surface area contributed by atoms with Crippen LogP contribution >= 0.6 is 0 Å². The molecule has 5 nitrogen and oxygen atoms in total. The Balaban J connectivity index is 3.11. The van der Waals surface area contributed by atoms with Crippen molar-refractivity contribution in [2.24, 2.45) is 5.16 Å². The van der Waals surface area contributed by atoms with Crippen LogP contribution in [0.15, 0.2) is 23.4 Å². The molecule has 1 aromatic rings. The fourth-order valence-corrected chi connectivity index (χ4v) is 1.35. The molecule has 18 heavy (non-hydrogen) atoms. The second-order valence-electron chi connectivity index (χ2n) is 4.91. The zero-order valence-electron chi connectivity index (χ0n) is 10.9. The number of oxime groups is 1. The van der Waals surface area contributed by atoms with Gasteiger partial charge in [0.2, 0.25) is 0 Å². The van der Waals surface area contributed by atoms with Crippen molar-refractivity contribution >= 4 is 12.2 Å². The van der Waals surface area contributed by atoms with Crippen molar-refractivity contribution in [2.75, 3.05) is 0 Å². The Morgan fingerprint density at radius 2 is 2.06 bits per heavy atom. The smallest absolute Gasteiger partial charge is 0.352 e. The predicted octanol–water partition coefficient (Wildman–Crippen LogP) is 2.65. The van der Waals surface area contributed by atoms with Crippen LogP contribution in [0.3, 0.4) is 0 Å². The summed E-state index contributed by atoms with van der Waals surface area (Å²) in [5.41, 5.74) is 1.47. The Kier molecular flexibility index (Phi) is 4.31. The summed E-state index contributed by atoms with van der Waals surface area (Å²) in [6.07, 6.45) is 1.21. The predicted molar refractivity (Wildman–Crippen MR) is 66.9 cm³/mol. The molecule has 0 saturated heterocycles. The lowest BCUT2D eigenvalue weighted by atomic mass is 9.86. The van der Waals surface area contributed by atoms with Gasteiger partial charge >= 0.3 is 5.97 Å². The van der Waals surface area contributed by atoms with Gasteiger partial charge in [-0.2, -0.15) is 0 Å². The summed E-state index contributed by atoms with van der Waals surface area (Å²) < 4.78 is 0. The minimum absolute atomic E-state index is 0.0662. The Hall–Kier alpha value is -2.04. The molecule has 0 bridgehead atoms. The third-order valence-corrected chi connectivity index (χ3v) is 2.33. The zero-order chi connectivity index (χ0) is 13.8. The first-order valence-corrected chi connectivity index (χ1v) is 5.51. The number of hydrogen-bond donors (Lipinski definition) is 1. The van der Waals surface area contributed by atoms with Crippen LogP contribution in [-0.4, -0.2) is 17.4 Å². The summed E-state index contributed by atoms with van der Waals surface area (Å²) in [7, 11) is 0. The van der Waals surface area contributed by atoms with Crippen LogP contribution in [0.5, 0.6) is 5.75 Å². The normalized spacial score (nSPS) is 11.6. The molecule has 1 N–H and O–H groups in total. The molecule has 0 aromatic heterocycles. The SMILES string of the molecule is CC(=O)OOc1cc(C(C)(C)C)ccc1/C=N\O. The molecule has 0 aliphatic carbocycles. The van der Waals surface area contributed by atoms with Gasteiger partial charge in [0.25, 0.3) is 0 Å². The first kappa shape index (κ1) is 14.0. The number of nitrogens with zero attached hydrogens (tertiary/aromatic N) is 1. The van der Waals surface area contributed by atoms with Crippen LogP contribution in [0.1, 0.15) is 38.8 Å². The number of carbonyl (C=O) groups excluding carboxylic acids is 1. The molecular formula is C13H17NO4. The molecule has 0 spiro atoms. The molecule has 1 aromatic carbocycles. The van der Waals surface area contributed by atoms with Crippen molar-refractivity contribution in [3.8, 4) is 5.75 Å². The second-order valence-corrected chi connectivity index (χ2v) is 4.91. The topological polar surface area (TPSA) is 68.1 Å². The minimum Gasteiger partial charge on any atom is -0.411 e. The quantitative estimate of drug-likeness (QED) is 0.388. The Bertz CT molecular complexity index is 461. The minimum atomic E-state index is -0.553. The average Bonchev–Trinajstić information content (AvgIpc) is 2.26. The fraction of sp³-hybridized carbons (Fsp3) is 0.385. The highest BCUT2D eigenvalue weighted by atomic mass is 17.2. The summed E-state index contributed by atoms with van der Waals surface area (Å²) in [4.78, 5) is 20.2. The monoisotopic (exact) mass is 251 g/mol. The summed E-state index contributed by atoms with van der Waals surface area (Å²) >= 11 is 0. The van der Waals surface area contributed by atoms with Crippen molar-refractivity contribution in [3.63, 3.8) is 0 Å². The van der Waals surface area contributed by atoms with E-state index in [1.807, 2.05) is 6.07 Å². The summed E-state index contributed by atoms with van der Waals surface area (Å²) in [5, 5.41) is 11.5. The highest BCUT2D eigenvalue weighted by Gasteiger charge is 2.16. The van der Waals surface area contributed by atoms with Gasteiger partial charge in [-0.1, -0.05) is 32.0 Å². The molecule has 0 atom stereocenters. The van der Waals surface area contributed by atoms with Crippen molar-refractivity contribution in [2.45, 2.75) is 33.1 Å². The fourth-order valence-electron chi connectivity index (χ4n) is 1.35. The molecule has 0 saturated carbocycles. The third kappa shape index (κ3) is 3.76. The van der Waals surface area contributed by atoms with Crippen molar-refractivity contribution in [1.29, 1.82) is 0 Å². The standard InChI is InChI=1S/C13H17NO4/c1-9(15)17-18-12-7-11(13(2,3)4)6-5-10(12)8-14-16/h5-8,16H,1-4H3/b14-8-. The number of hydrogen-bond acceptors (Lipinski definition) is 5. The first-order chi connectivity index (χ1) is 8.34. The number of benzene rings is 1. The largest absolute Gasteiger partial charge is 0.411 e. The average molecular weight is 251 g/mol. The molecule has 1 rings (SSSR count). The second kappa shape index (κ2) is 5.53. The molecule has 0 aliphatic heterocycles. The molecule has 98 valence electrons. The highest BCUT2D eigenvalue weighted by molar-refractivity contribution is 5.83. The highest BCUT2D eigenvalue weighted by Crippen LogP contribution is 2.28. The van der Waals surface area contributed by atoms with Crippen molar-refractivity contribution in [3.05, 3.63) is 29.3 Å². The summed E-state index contributed by atoms with van der Waals surface area (Å²) in [5.74, 6) is -0.224. The van der Waals surface area contributed by atoms with E-state index in [2.05, 4.69) is 30.8 Å². The maximum Gasteiger partial charge on any atom is 0.352 e. The maximum atomic E-state index is 10.7. The lowest BCUT2D eigenvalue weighted by Crippen LogP contribution is -2.12. The van der Waals surface area contributed by atoms with E-state index in [0.29, 0.717) is 11.3 Å². The molecule has 0 radical (unpaired) electrons. The van der Waals surface area contributed by atoms with E-state index in [0.717, 1.165) is 5.56 Å². The van der Waals surface area contributed by atoms with E-state index in [1.54, 1.807) is 12.1 Å². The van der Waals surface area contributed by atoms with Crippen LogP contribution < -0.4 is 4.89 Å². The van der Waals surface area contributed by atoms with Crippen LogP contribution in [0.25, 0.3) is 0 Å². The molecule has 0 heterocycles. The van der Waals surface area contributed by atoms with Gasteiger partial charge in [0, 0.05) is 12.5 Å².